The van der Waals surface area contributed by atoms with Crippen LogP contribution in [-0.4, -0.2) is 36.7 Å². The monoisotopic (exact) mass is 429 g/mol. The van der Waals surface area contributed by atoms with Crippen molar-refractivity contribution >= 4 is 35.1 Å². The highest BCUT2D eigenvalue weighted by Crippen LogP contribution is 2.24. The van der Waals surface area contributed by atoms with Gasteiger partial charge in [0.05, 0.1) is 11.0 Å². The van der Waals surface area contributed by atoms with E-state index in [1.807, 2.05) is 29.1 Å². The Morgan fingerprint density at radius 1 is 0.844 bits per heavy atom. The molecule has 162 valence electrons. The first-order valence-electron chi connectivity index (χ1n) is 9.99. The molecule has 0 amide bonds. The lowest BCUT2D eigenvalue weighted by molar-refractivity contribution is -0.159. The number of nitrogens with zero attached hydrogens (tertiary/aromatic N) is 3. The van der Waals surface area contributed by atoms with Crippen LogP contribution < -0.4 is 0 Å². The molecule has 0 spiro atoms. The number of aliphatic carboxylic acids is 2. The second-order valence-corrected chi connectivity index (χ2v) is 7.24. The van der Waals surface area contributed by atoms with Crippen LogP contribution in [0.15, 0.2) is 73.2 Å². The van der Waals surface area contributed by atoms with Gasteiger partial charge in [-0.3, -0.25) is 4.57 Å². The summed E-state index contributed by atoms with van der Waals surface area (Å²) in [6.45, 7) is 4.45. The van der Waals surface area contributed by atoms with Gasteiger partial charge >= 0.3 is 11.9 Å². The highest BCUT2D eigenvalue weighted by atomic mass is 16.4. The van der Waals surface area contributed by atoms with Gasteiger partial charge in [-0.05, 0) is 35.2 Å². The highest BCUT2D eigenvalue weighted by Gasteiger charge is 2.08. The second kappa shape index (κ2) is 10.2. The van der Waals surface area contributed by atoms with E-state index in [0.29, 0.717) is 5.92 Å². The van der Waals surface area contributed by atoms with Crippen LogP contribution in [0.3, 0.4) is 0 Å². The highest BCUT2D eigenvalue weighted by molar-refractivity contribution is 6.27. The maximum atomic E-state index is 9.10. The lowest BCUT2D eigenvalue weighted by atomic mass is 9.96. The molecule has 4 aromatic rings. The van der Waals surface area contributed by atoms with E-state index in [4.69, 9.17) is 19.8 Å². The van der Waals surface area contributed by atoms with Crippen molar-refractivity contribution < 1.29 is 19.8 Å². The first-order chi connectivity index (χ1) is 15.4. The maximum Gasteiger partial charge on any atom is 0.414 e. The molecule has 2 N–H and O–H groups in total. The molecule has 7 nitrogen and oxygen atoms in total. The maximum absolute atomic E-state index is 9.10. The molecular weight excluding hydrogens is 406 g/mol. The molecular formula is C25H23N3O4. The van der Waals surface area contributed by atoms with Gasteiger partial charge in [0.15, 0.2) is 0 Å². The fourth-order valence-electron chi connectivity index (χ4n) is 3.24. The average molecular weight is 429 g/mol. The van der Waals surface area contributed by atoms with Crippen LogP contribution in [0.4, 0.5) is 0 Å². The largest absolute Gasteiger partial charge is 0.473 e. The van der Waals surface area contributed by atoms with Crippen molar-refractivity contribution in [2.45, 2.75) is 19.8 Å². The summed E-state index contributed by atoms with van der Waals surface area (Å²) in [4.78, 5) is 27.3. The fraction of sp³-hybridized carbons (Fsp3) is 0.120. The minimum atomic E-state index is -1.82. The van der Waals surface area contributed by atoms with Gasteiger partial charge in [0.1, 0.15) is 12.1 Å². The number of carbonyl (C=O) groups is 2. The van der Waals surface area contributed by atoms with Crippen molar-refractivity contribution in [2.75, 3.05) is 0 Å². The SMILES string of the molecule is CC(C)c1ccccc1/C=C/c1cccc2c1ncn2-c1ccccn1.O=C(O)C(=O)O. The van der Waals surface area contributed by atoms with Crippen LogP contribution in [0.2, 0.25) is 0 Å². The zero-order chi connectivity index (χ0) is 23.1. The normalized spacial score (nSPS) is 10.8. The third kappa shape index (κ3) is 5.26. The Kier molecular flexibility index (Phi) is 7.13. The van der Waals surface area contributed by atoms with Crippen LogP contribution in [0.1, 0.15) is 36.5 Å². The van der Waals surface area contributed by atoms with Crippen LogP contribution in [0, 0.1) is 0 Å². The molecule has 0 atom stereocenters. The Morgan fingerprint density at radius 3 is 2.16 bits per heavy atom. The molecule has 0 unspecified atom stereocenters. The van der Waals surface area contributed by atoms with E-state index >= 15 is 0 Å². The number of fused-ring (bicyclic) bond motifs is 1. The summed E-state index contributed by atoms with van der Waals surface area (Å²) in [5.41, 5.74) is 5.76. The van der Waals surface area contributed by atoms with Crippen LogP contribution in [0.25, 0.3) is 29.0 Å². The van der Waals surface area contributed by atoms with E-state index in [1.54, 1.807) is 6.20 Å². The van der Waals surface area contributed by atoms with Crippen molar-refractivity contribution in [1.29, 1.82) is 0 Å². The van der Waals surface area contributed by atoms with Crippen molar-refractivity contribution in [3.8, 4) is 5.82 Å². The van der Waals surface area contributed by atoms with Crippen LogP contribution in [0.5, 0.6) is 0 Å². The second-order valence-electron chi connectivity index (χ2n) is 7.24. The third-order valence-electron chi connectivity index (χ3n) is 4.75. The molecule has 2 aromatic heterocycles. The van der Waals surface area contributed by atoms with Gasteiger partial charge in [-0.15, -0.1) is 0 Å². The summed E-state index contributed by atoms with van der Waals surface area (Å²) >= 11 is 0. The quantitative estimate of drug-likeness (QED) is 0.354. The van der Waals surface area contributed by atoms with Gasteiger partial charge in [0.2, 0.25) is 0 Å². The first-order valence-corrected chi connectivity index (χ1v) is 9.99. The fourth-order valence-corrected chi connectivity index (χ4v) is 3.24. The Labute approximate surface area is 185 Å². The number of hydrogen-bond acceptors (Lipinski definition) is 4. The standard InChI is InChI=1S/C23H21N3.C2H2O4/c1-17(2)20-10-4-3-8-18(20)13-14-19-9-7-11-21-23(19)25-16-26(21)22-12-5-6-15-24-22;3-1(4)2(5)6/h3-17H,1-2H3;(H,3,4)(H,5,6)/b14-13+;. The number of carboxylic acids is 2. The molecule has 0 saturated carbocycles. The number of pyridine rings is 1. The minimum absolute atomic E-state index is 0.495. The minimum Gasteiger partial charge on any atom is -0.473 e. The van der Waals surface area contributed by atoms with Gasteiger partial charge in [-0.1, -0.05) is 68.5 Å². The van der Waals surface area contributed by atoms with Gasteiger partial charge in [0.25, 0.3) is 0 Å². The summed E-state index contributed by atoms with van der Waals surface area (Å²) in [6.07, 6.45) is 7.98. The number of rotatable bonds is 4. The van der Waals surface area contributed by atoms with Crippen molar-refractivity contribution in [3.05, 3.63) is 89.9 Å². The van der Waals surface area contributed by atoms with Gasteiger partial charge < -0.3 is 10.2 Å². The number of imidazole rings is 1. The number of hydrogen-bond donors (Lipinski definition) is 2. The molecule has 0 aliphatic heterocycles. The smallest absolute Gasteiger partial charge is 0.414 e. The zero-order valence-electron chi connectivity index (χ0n) is 17.7. The molecule has 0 aliphatic carbocycles. The van der Waals surface area contributed by atoms with E-state index in [-0.39, 0.29) is 0 Å². The molecule has 2 heterocycles. The zero-order valence-corrected chi connectivity index (χ0v) is 17.7. The van der Waals surface area contributed by atoms with Gasteiger partial charge in [-0.25, -0.2) is 19.6 Å². The van der Waals surface area contributed by atoms with Crippen molar-refractivity contribution in [3.63, 3.8) is 0 Å². The summed E-state index contributed by atoms with van der Waals surface area (Å²) in [5, 5.41) is 14.8. The lowest BCUT2D eigenvalue weighted by Crippen LogP contribution is -2.09. The number of para-hydroxylation sites is 1. The molecule has 0 saturated heterocycles. The topological polar surface area (TPSA) is 105 Å². The number of carboxylic acid groups (broad SMARTS) is 2. The van der Waals surface area contributed by atoms with E-state index in [0.717, 1.165) is 22.4 Å². The molecule has 0 fully saturated rings. The number of benzene rings is 2. The average Bonchev–Trinajstić information content (AvgIpc) is 3.23. The Bertz CT molecular complexity index is 1250. The van der Waals surface area contributed by atoms with Crippen LogP contribution >= 0.6 is 0 Å². The first kappa shape index (κ1) is 22.4. The molecule has 0 aliphatic rings. The summed E-state index contributed by atoms with van der Waals surface area (Å²) in [6, 6.07) is 20.7. The van der Waals surface area contributed by atoms with E-state index < -0.39 is 11.9 Å². The molecule has 2 aromatic carbocycles. The molecule has 32 heavy (non-hydrogen) atoms. The van der Waals surface area contributed by atoms with E-state index in [9.17, 15) is 0 Å². The van der Waals surface area contributed by atoms with E-state index in [1.165, 1.54) is 11.1 Å². The Morgan fingerprint density at radius 2 is 1.50 bits per heavy atom. The Balaban J connectivity index is 0.000000427. The predicted octanol–water partition coefficient (Wildman–Crippen LogP) is 4.87. The molecule has 0 radical (unpaired) electrons. The van der Waals surface area contributed by atoms with Crippen LogP contribution in [-0.2, 0) is 9.59 Å². The van der Waals surface area contributed by atoms with E-state index in [2.05, 4.69) is 78.4 Å². The predicted molar refractivity (Wildman–Crippen MR) is 124 cm³/mol. The van der Waals surface area contributed by atoms with Crippen molar-refractivity contribution in [1.82, 2.24) is 14.5 Å². The summed E-state index contributed by atoms with van der Waals surface area (Å²) in [7, 11) is 0. The summed E-state index contributed by atoms with van der Waals surface area (Å²) < 4.78 is 2.02. The van der Waals surface area contributed by atoms with Gasteiger partial charge in [0, 0.05) is 11.8 Å². The molecule has 0 bridgehead atoms. The molecule has 7 heteroatoms. The van der Waals surface area contributed by atoms with Gasteiger partial charge in [-0.2, -0.15) is 0 Å². The Hall–Kier alpha value is -4.26. The number of aromatic nitrogens is 3. The molecule has 4 rings (SSSR count). The third-order valence-corrected chi connectivity index (χ3v) is 4.75. The lowest BCUT2D eigenvalue weighted by Gasteiger charge is -2.09. The van der Waals surface area contributed by atoms with Crippen molar-refractivity contribution in [2.24, 2.45) is 0 Å². The summed E-state index contributed by atoms with van der Waals surface area (Å²) in [5.74, 6) is -2.28.